The molecule has 3 N–H and O–H groups in total. The molecule has 2 saturated heterocycles. The second kappa shape index (κ2) is 13.9. The van der Waals surface area contributed by atoms with Gasteiger partial charge >= 0.3 is 6.01 Å². The Kier molecular flexibility index (Phi) is 9.86. The highest BCUT2D eigenvalue weighted by molar-refractivity contribution is 7.90. The Morgan fingerprint density at radius 2 is 1.90 bits per heavy atom. The zero-order chi connectivity index (χ0) is 34.5. The Morgan fingerprint density at radius 1 is 1.10 bits per heavy atom. The van der Waals surface area contributed by atoms with E-state index in [0.29, 0.717) is 65.6 Å². The molecule has 3 fully saturated rings. The lowest BCUT2D eigenvalue weighted by atomic mass is 10.1. The number of hydrogen-bond donors (Lipinski definition) is 3. The zero-order valence-corrected chi connectivity index (χ0v) is 30.4. The number of aryl methyl sites for hydroxylation is 1. The largest absolute Gasteiger partial charge is 0.492 e. The molecule has 17 heteroatoms. The first kappa shape index (κ1) is 34.9. The zero-order valence-electron chi connectivity index (χ0n) is 27.8. The number of ether oxygens (including phenoxy) is 5. The first-order valence-corrected chi connectivity index (χ1v) is 22.4. The molecule has 4 heterocycles. The number of nitrogens with one attached hydrogen (secondary N) is 2. The molecule has 49 heavy (non-hydrogen) atoms. The fourth-order valence-corrected chi connectivity index (χ4v) is 8.77. The summed E-state index contributed by atoms with van der Waals surface area (Å²) in [6, 6.07) is 5.68. The molecule has 0 spiro atoms. The molecular weight excluding hydrogens is 697 g/mol. The minimum absolute atomic E-state index is 0.0939. The van der Waals surface area contributed by atoms with Gasteiger partial charge in [0.25, 0.3) is 0 Å². The quantitative estimate of drug-likeness (QED) is 0.153. The van der Waals surface area contributed by atoms with Crippen molar-refractivity contribution in [2.45, 2.75) is 93.8 Å². The van der Waals surface area contributed by atoms with Crippen molar-refractivity contribution in [3.63, 3.8) is 0 Å². The predicted molar refractivity (Wildman–Crippen MR) is 183 cm³/mol. The summed E-state index contributed by atoms with van der Waals surface area (Å²) in [5, 5.41) is 13.6. The predicted octanol–water partition coefficient (Wildman–Crippen LogP) is 4.00. The average Bonchev–Trinajstić information content (AvgIpc) is 3.41. The summed E-state index contributed by atoms with van der Waals surface area (Å²) in [7, 11) is -4.64. The SMILES string of the molecule is C[Si](C)(C)CCOCn1c(O[C@@H]2CO[C@H]3[C@@H]2OC[C@H]3O)nc2cc(Cl)c(NC3CCc4cc(OCCNS(=O)(=O)C5CC5)cc(F)c43)nc21. The number of halogens is 2. The Hall–Kier alpha value is -2.57. The van der Waals surface area contributed by atoms with Crippen LogP contribution >= 0.6 is 11.6 Å². The number of nitrogens with zero attached hydrogens (tertiary/aromatic N) is 3. The van der Waals surface area contributed by atoms with Gasteiger partial charge in [0, 0.05) is 32.9 Å². The van der Waals surface area contributed by atoms with E-state index in [0.717, 1.165) is 11.6 Å². The van der Waals surface area contributed by atoms with Crippen molar-refractivity contribution in [3.05, 3.63) is 40.2 Å². The maximum Gasteiger partial charge on any atom is 0.301 e. The number of hydrogen-bond acceptors (Lipinski definition) is 11. The fourth-order valence-electron chi connectivity index (χ4n) is 6.46. The molecule has 13 nitrogen and oxygen atoms in total. The number of aromatic nitrogens is 3. The molecular formula is C32H43ClFN5O8SSi. The number of anilines is 1. The van der Waals surface area contributed by atoms with Gasteiger partial charge in [0.05, 0.1) is 29.5 Å². The topological polar surface area (TPSA) is 155 Å². The Morgan fingerprint density at radius 3 is 2.67 bits per heavy atom. The van der Waals surface area contributed by atoms with Gasteiger partial charge in [-0.05, 0) is 49.4 Å². The van der Waals surface area contributed by atoms with E-state index in [2.05, 4.69) is 29.7 Å². The van der Waals surface area contributed by atoms with Crippen LogP contribution in [0.4, 0.5) is 10.2 Å². The minimum Gasteiger partial charge on any atom is -0.492 e. The summed E-state index contributed by atoms with van der Waals surface area (Å²) in [6.07, 6.45) is 0.517. The van der Waals surface area contributed by atoms with Crippen LogP contribution in [0.1, 0.15) is 36.4 Å². The molecule has 0 bridgehead atoms. The molecule has 1 saturated carbocycles. The molecule has 1 aromatic carbocycles. The van der Waals surface area contributed by atoms with Gasteiger partial charge in [-0.25, -0.2) is 22.5 Å². The monoisotopic (exact) mass is 739 g/mol. The van der Waals surface area contributed by atoms with E-state index >= 15 is 4.39 Å². The van der Waals surface area contributed by atoms with E-state index in [1.807, 2.05) is 0 Å². The summed E-state index contributed by atoms with van der Waals surface area (Å²) in [4.78, 5) is 9.54. The molecule has 3 aromatic rings. The Balaban J connectivity index is 1.08. The van der Waals surface area contributed by atoms with Gasteiger partial charge in [-0.15, -0.1) is 0 Å². The average molecular weight is 740 g/mol. The summed E-state index contributed by atoms with van der Waals surface area (Å²) < 4.78 is 73.5. The first-order valence-electron chi connectivity index (χ1n) is 16.8. The van der Waals surface area contributed by atoms with Crippen LogP contribution in [0.2, 0.25) is 30.7 Å². The number of rotatable bonds is 15. The van der Waals surface area contributed by atoms with Gasteiger partial charge in [-0.3, -0.25) is 4.57 Å². The van der Waals surface area contributed by atoms with E-state index in [1.54, 1.807) is 16.7 Å². The third-order valence-electron chi connectivity index (χ3n) is 9.28. The van der Waals surface area contributed by atoms with Crippen molar-refractivity contribution in [1.82, 2.24) is 19.3 Å². The molecule has 0 radical (unpaired) electrons. The van der Waals surface area contributed by atoms with Crippen LogP contribution in [0.15, 0.2) is 18.2 Å². The highest BCUT2D eigenvalue weighted by Gasteiger charge is 2.49. The standard InChI is InChI=1S/C32H43ClFN5O8SSi/c1-49(2,3)11-10-43-17-39-31-24(37-32(39)47-26-16-46-28-25(40)15-45-29(26)28)14-21(33)30(38-31)36-23-7-4-18-12-19(13-22(34)27(18)23)44-9-8-35-48(41,42)20-5-6-20/h12-14,20,23,25-26,28-29,35,40H,4-11,15-17H2,1-3H3,(H,36,38)/t23?,25-,26-,28-,29-/m1/s1. The van der Waals surface area contributed by atoms with E-state index in [4.69, 9.17) is 45.3 Å². The van der Waals surface area contributed by atoms with Crippen LogP contribution in [0.5, 0.6) is 11.8 Å². The smallest absolute Gasteiger partial charge is 0.301 e. The number of aliphatic hydroxyl groups excluding tert-OH is 1. The van der Waals surface area contributed by atoms with Crippen molar-refractivity contribution >= 4 is 46.7 Å². The first-order chi connectivity index (χ1) is 23.4. The minimum atomic E-state index is -3.30. The fraction of sp³-hybridized carbons (Fsp3) is 0.625. The highest BCUT2D eigenvalue weighted by atomic mass is 35.5. The van der Waals surface area contributed by atoms with Crippen molar-refractivity contribution in [2.24, 2.45) is 0 Å². The van der Waals surface area contributed by atoms with Gasteiger partial charge in [-0.1, -0.05) is 31.2 Å². The second-order valence-corrected chi connectivity index (χ2v) is 22.4. The normalized spacial score (nSPS) is 25.1. The van der Waals surface area contributed by atoms with Crippen molar-refractivity contribution in [1.29, 1.82) is 0 Å². The van der Waals surface area contributed by atoms with Crippen molar-refractivity contribution < 1.29 is 41.6 Å². The van der Waals surface area contributed by atoms with Gasteiger partial charge in [0.2, 0.25) is 10.0 Å². The molecule has 268 valence electrons. The molecule has 4 aliphatic rings. The maximum atomic E-state index is 15.5. The number of aliphatic hydroxyl groups is 1. The van der Waals surface area contributed by atoms with Gasteiger partial charge < -0.3 is 34.1 Å². The van der Waals surface area contributed by atoms with E-state index < -0.39 is 54.4 Å². The summed E-state index contributed by atoms with van der Waals surface area (Å²) in [6.45, 7) is 8.20. The number of pyridine rings is 1. The third kappa shape index (κ3) is 7.71. The molecule has 2 aliphatic heterocycles. The molecule has 2 aliphatic carbocycles. The molecule has 1 unspecified atom stereocenters. The van der Waals surface area contributed by atoms with Crippen LogP contribution in [0, 0.1) is 5.82 Å². The molecule has 7 rings (SSSR count). The van der Waals surface area contributed by atoms with E-state index in [-0.39, 0.29) is 44.4 Å². The van der Waals surface area contributed by atoms with E-state index in [1.165, 1.54) is 6.07 Å². The Bertz CT molecular complexity index is 1810. The Labute approximate surface area is 290 Å². The maximum absolute atomic E-state index is 15.5. The molecule has 2 aromatic heterocycles. The van der Waals surface area contributed by atoms with Crippen LogP contribution in [-0.4, -0.2) is 98.8 Å². The van der Waals surface area contributed by atoms with Crippen molar-refractivity contribution in [2.75, 3.05) is 38.3 Å². The van der Waals surface area contributed by atoms with Crippen LogP contribution in [-0.2, 0) is 37.4 Å². The lowest BCUT2D eigenvalue weighted by Gasteiger charge is -2.19. The summed E-state index contributed by atoms with van der Waals surface area (Å²) >= 11 is 6.73. The van der Waals surface area contributed by atoms with Gasteiger partial charge in [-0.2, -0.15) is 4.98 Å². The number of fused-ring (bicyclic) bond motifs is 3. The molecule has 5 atom stereocenters. The number of sulfonamides is 1. The lowest BCUT2D eigenvalue weighted by molar-refractivity contribution is 0.00336. The molecule has 0 amide bonds. The van der Waals surface area contributed by atoms with Gasteiger partial charge in [0.1, 0.15) is 54.6 Å². The lowest BCUT2D eigenvalue weighted by Crippen LogP contribution is -2.35. The van der Waals surface area contributed by atoms with E-state index in [9.17, 15) is 13.5 Å². The summed E-state index contributed by atoms with van der Waals surface area (Å²) in [5.41, 5.74) is 2.30. The van der Waals surface area contributed by atoms with Crippen LogP contribution in [0.25, 0.3) is 11.2 Å². The third-order valence-corrected chi connectivity index (χ3v) is 13.2. The van der Waals surface area contributed by atoms with Gasteiger partial charge in [0.15, 0.2) is 11.8 Å². The summed E-state index contributed by atoms with van der Waals surface area (Å²) in [5.74, 6) is 0.296. The number of benzene rings is 1. The number of imidazole rings is 1. The second-order valence-electron chi connectivity index (χ2n) is 14.4. The highest BCUT2D eigenvalue weighted by Crippen LogP contribution is 2.40. The van der Waals surface area contributed by atoms with Crippen LogP contribution < -0.4 is 19.5 Å². The van der Waals surface area contributed by atoms with Crippen molar-refractivity contribution in [3.8, 4) is 11.8 Å². The van der Waals surface area contributed by atoms with Crippen LogP contribution in [0.3, 0.4) is 0 Å².